The maximum absolute atomic E-state index is 11.3. The minimum Gasteiger partial charge on any atom is -0.496 e. The van der Waals surface area contributed by atoms with Crippen molar-refractivity contribution in [3.8, 4) is 5.75 Å². The summed E-state index contributed by atoms with van der Waals surface area (Å²) in [5.41, 5.74) is 1.65. The van der Waals surface area contributed by atoms with Gasteiger partial charge in [0.1, 0.15) is 5.75 Å². The Balaban J connectivity index is 2.39. The molecule has 1 N–H and O–H groups in total. The molecule has 2 rings (SSSR count). The third-order valence-electron chi connectivity index (χ3n) is 2.92. The SMILES string of the molecule is COc1ccc2scc(CCNC(C)=O)c2c1C=O. The molecule has 19 heavy (non-hydrogen) atoms. The van der Waals surface area contributed by atoms with Crippen molar-refractivity contribution in [1.82, 2.24) is 5.32 Å². The lowest BCUT2D eigenvalue weighted by molar-refractivity contribution is -0.118. The molecule has 0 saturated carbocycles. The van der Waals surface area contributed by atoms with Crippen molar-refractivity contribution in [2.75, 3.05) is 13.7 Å². The Labute approximate surface area is 115 Å². The van der Waals surface area contributed by atoms with Crippen LogP contribution < -0.4 is 10.1 Å². The largest absolute Gasteiger partial charge is 0.496 e. The lowest BCUT2D eigenvalue weighted by atomic mass is 10.0. The number of carbonyl (C=O) groups excluding carboxylic acids is 2. The Kier molecular flexibility index (Phi) is 4.16. The number of ether oxygens (including phenoxy) is 1. The highest BCUT2D eigenvalue weighted by atomic mass is 32.1. The van der Waals surface area contributed by atoms with Gasteiger partial charge in [-0.2, -0.15) is 0 Å². The highest BCUT2D eigenvalue weighted by Gasteiger charge is 2.13. The maximum Gasteiger partial charge on any atom is 0.216 e. The second-order valence-electron chi connectivity index (χ2n) is 4.17. The summed E-state index contributed by atoms with van der Waals surface area (Å²) in [6.07, 6.45) is 1.53. The van der Waals surface area contributed by atoms with E-state index in [0.717, 1.165) is 21.9 Å². The van der Waals surface area contributed by atoms with Crippen molar-refractivity contribution in [3.63, 3.8) is 0 Å². The summed E-state index contributed by atoms with van der Waals surface area (Å²) in [7, 11) is 1.55. The van der Waals surface area contributed by atoms with E-state index < -0.39 is 0 Å². The molecule has 1 heterocycles. The smallest absolute Gasteiger partial charge is 0.216 e. The van der Waals surface area contributed by atoms with Gasteiger partial charge in [-0.1, -0.05) is 0 Å². The van der Waals surface area contributed by atoms with Gasteiger partial charge in [-0.15, -0.1) is 11.3 Å². The first-order chi connectivity index (χ1) is 9.17. The van der Waals surface area contributed by atoms with Crippen LogP contribution in [0.5, 0.6) is 5.75 Å². The van der Waals surface area contributed by atoms with Gasteiger partial charge in [0, 0.05) is 23.6 Å². The molecule has 5 heteroatoms. The van der Waals surface area contributed by atoms with E-state index >= 15 is 0 Å². The molecule has 4 nitrogen and oxygen atoms in total. The number of benzene rings is 1. The van der Waals surface area contributed by atoms with Gasteiger partial charge in [0.05, 0.1) is 12.7 Å². The number of aldehydes is 1. The van der Waals surface area contributed by atoms with Gasteiger partial charge in [0.25, 0.3) is 0 Å². The molecule has 0 atom stereocenters. The van der Waals surface area contributed by atoms with Crippen molar-refractivity contribution in [2.45, 2.75) is 13.3 Å². The Morgan fingerprint density at radius 2 is 2.26 bits per heavy atom. The molecule has 0 bridgehead atoms. The average Bonchev–Trinajstić information content (AvgIpc) is 2.80. The van der Waals surface area contributed by atoms with Crippen molar-refractivity contribution >= 4 is 33.6 Å². The Hall–Kier alpha value is -1.88. The average molecular weight is 277 g/mol. The number of methoxy groups -OCH3 is 1. The third kappa shape index (κ3) is 2.76. The Morgan fingerprint density at radius 1 is 1.47 bits per heavy atom. The molecule has 0 spiro atoms. The summed E-state index contributed by atoms with van der Waals surface area (Å²) in [5.74, 6) is 0.536. The summed E-state index contributed by atoms with van der Waals surface area (Å²) in [4.78, 5) is 22.2. The maximum atomic E-state index is 11.3. The molecule has 1 aromatic carbocycles. The lowest BCUT2D eigenvalue weighted by Gasteiger charge is -2.07. The van der Waals surface area contributed by atoms with Gasteiger partial charge >= 0.3 is 0 Å². The van der Waals surface area contributed by atoms with Crippen molar-refractivity contribution in [3.05, 3.63) is 28.6 Å². The summed E-state index contributed by atoms with van der Waals surface area (Å²) in [6, 6.07) is 3.76. The van der Waals surface area contributed by atoms with Gasteiger partial charge in [-0.05, 0) is 29.5 Å². The monoisotopic (exact) mass is 277 g/mol. The Morgan fingerprint density at radius 3 is 2.89 bits per heavy atom. The quantitative estimate of drug-likeness (QED) is 0.854. The fraction of sp³-hybridized carbons (Fsp3) is 0.286. The fourth-order valence-corrected chi connectivity index (χ4v) is 3.07. The minimum absolute atomic E-state index is 0.0484. The van der Waals surface area contributed by atoms with Crippen LogP contribution in [0.1, 0.15) is 22.8 Å². The molecule has 0 unspecified atom stereocenters. The number of carbonyl (C=O) groups is 2. The standard InChI is InChI=1S/C14H15NO3S/c1-9(17)15-6-5-10-8-19-13-4-3-12(18-2)11(7-16)14(10)13/h3-4,7-8H,5-6H2,1-2H3,(H,15,17). The first kappa shape index (κ1) is 13.5. The molecule has 1 aromatic heterocycles. The van der Waals surface area contributed by atoms with Crippen LogP contribution in [0.4, 0.5) is 0 Å². The highest BCUT2D eigenvalue weighted by Crippen LogP contribution is 2.33. The first-order valence-electron chi connectivity index (χ1n) is 5.94. The molecule has 0 aliphatic heterocycles. The van der Waals surface area contributed by atoms with E-state index in [1.54, 1.807) is 24.5 Å². The minimum atomic E-state index is -0.0484. The molecular formula is C14H15NO3S. The number of fused-ring (bicyclic) bond motifs is 1. The molecule has 0 aliphatic carbocycles. The fourth-order valence-electron chi connectivity index (χ4n) is 2.06. The summed E-state index contributed by atoms with van der Waals surface area (Å²) in [6.45, 7) is 2.06. The van der Waals surface area contributed by atoms with Crippen molar-refractivity contribution < 1.29 is 14.3 Å². The van der Waals surface area contributed by atoms with Crippen LogP contribution in [0, 0.1) is 0 Å². The number of thiophene rings is 1. The normalized spacial score (nSPS) is 10.4. The van der Waals surface area contributed by atoms with Crippen LogP contribution in [0.25, 0.3) is 10.1 Å². The van der Waals surface area contributed by atoms with Crippen LogP contribution in [0.3, 0.4) is 0 Å². The second kappa shape index (κ2) is 5.84. The van der Waals surface area contributed by atoms with E-state index in [0.29, 0.717) is 24.3 Å². The van der Waals surface area contributed by atoms with Crippen molar-refractivity contribution in [1.29, 1.82) is 0 Å². The highest BCUT2D eigenvalue weighted by molar-refractivity contribution is 7.17. The topological polar surface area (TPSA) is 55.4 Å². The Bertz CT molecular complexity index is 618. The molecule has 2 aromatic rings. The molecule has 0 saturated heterocycles. The lowest BCUT2D eigenvalue weighted by Crippen LogP contribution is -2.22. The van der Waals surface area contributed by atoms with E-state index in [1.807, 2.05) is 11.4 Å². The van der Waals surface area contributed by atoms with E-state index in [1.165, 1.54) is 6.92 Å². The van der Waals surface area contributed by atoms with E-state index in [9.17, 15) is 9.59 Å². The second-order valence-corrected chi connectivity index (χ2v) is 5.08. The summed E-state index contributed by atoms with van der Waals surface area (Å²) in [5, 5.41) is 5.72. The number of rotatable bonds is 5. The van der Waals surface area contributed by atoms with Crippen LogP contribution in [0.15, 0.2) is 17.5 Å². The van der Waals surface area contributed by atoms with E-state index in [-0.39, 0.29) is 5.91 Å². The first-order valence-corrected chi connectivity index (χ1v) is 6.82. The number of amides is 1. The van der Waals surface area contributed by atoms with Gasteiger partial charge in [0.2, 0.25) is 5.91 Å². The predicted octanol–water partition coefficient (Wildman–Crippen LogP) is 2.40. The summed E-state index contributed by atoms with van der Waals surface area (Å²) < 4.78 is 6.27. The zero-order chi connectivity index (χ0) is 13.8. The number of hydrogen-bond acceptors (Lipinski definition) is 4. The van der Waals surface area contributed by atoms with Crippen molar-refractivity contribution in [2.24, 2.45) is 0 Å². The van der Waals surface area contributed by atoms with Crippen LogP contribution >= 0.6 is 11.3 Å². The number of hydrogen-bond donors (Lipinski definition) is 1. The third-order valence-corrected chi connectivity index (χ3v) is 3.92. The van der Waals surface area contributed by atoms with Crippen LogP contribution in [0.2, 0.25) is 0 Å². The van der Waals surface area contributed by atoms with E-state index in [2.05, 4.69) is 5.32 Å². The van der Waals surface area contributed by atoms with Gasteiger partial charge in [-0.25, -0.2) is 0 Å². The van der Waals surface area contributed by atoms with Crippen LogP contribution in [-0.2, 0) is 11.2 Å². The molecule has 1 amide bonds. The molecule has 0 fully saturated rings. The van der Waals surface area contributed by atoms with E-state index in [4.69, 9.17) is 4.74 Å². The van der Waals surface area contributed by atoms with Gasteiger partial charge in [-0.3, -0.25) is 9.59 Å². The van der Waals surface area contributed by atoms with Gasteiger partial charge in [0.15, 0.2) is 6.29 Å². The van der Waals surface area contributed by atoms with Gasteiger partial charge < -0.3 is 10.1 Å². The molecule has 100 valence electrons. The zero-order valence-electron chi connectivity index (χ0n) is 10.9. The summed E-state index contributed by atoms with van der Waals surface area (Å²) >= 11 is 1.59. The van der Waals surface area contributed by atoms with Crippen LogP contribution in [-0.4, -0.2) is 25.8 Å². The zero-order valence-corrected chi connectivity index (χ0v) is 11.7. The molecule has 0 aliphatic rings. The molecular weight excluding hydrogens is 262 g/mol. The number of nitrogens with one attached hydrogen (secondary N) is 1. The molecule has 0 radical (unpaired) electrons. The predicted molar refractivity (Wildman–Crippen MR) is 76.2 cm³/mol.